The molecule has 0 aliphatic heterocycles. The highest BCUT2D eigenvalue weighted by atomic mass is 16.3. The maximum Gasteiger partial charge on any atom is 0.137 e. The molecular weight excluding hydrogens is 669 g/mol. The molecule has 0 radical (unpaired) electrons. The number of furan rings is 1. The van der Waals surface area contributed by atoms with Crippen molar-refractivity contribution in [1.82, 2.24) is 4.57 Å². The van der Waals surface area contributed by atoms with Crippen LogP contribution in [0.15, 0.2) is 211 Å². The van der Waals surface area contributed by atoms with E-state index in [1.165, 1.54) is 43.8 Å². The van der Waals surface area contributed by atoms with Crippen molar-refractivity contribution in [3.8, 4) is 27.9 Å². The van der Waals surface area contributed by atoms with Crippen LogP contribution < -0.4 is 4.90 Å². The molecule has 3 nitrogen and oxygen atoms in total. The molecule has 0 atom stereocenters. The van der Waals surface area contributed by atoms with Crippen molar-refractivity contribution in [2.45, 2.75) is 0 Å². The normalized spacial score (nSPS) is 11.6. The molecule has 0 saturated carbocycles. The van der Waals surface area contributed by atoms with E-state index < -0.39 is 0 Å². The lowest BCUT2D eigenvalue weighted by molar-refractivity contribution is 0.669. The van der Waals surface area contributed by atoms with E-state index in [2.05, 4.69) is 210 Å². The summed E-state index contributed by atoms with van der Waals surface area (Å²) in [6.07, 6.45) is 0. The molecule has 258 valence electrons. The number of hydrogen-bond donors (Lipinski definition) is 0. The van der Waals surface area contributed by atoms with E-state index >= 15 is 0 Å². The molecule has 3 heteroatoms. The van der Waals surface area contributed by atoms with Gasteiger partial charge < -0.3 is 13.9 Å². The van der Waals surface area contributed by atoms with Gasteiger partial charge in [0.2, 0.25) is 0 Å². The van der Waals surface area contributed by atoms with Crippen molar-refractivity contribution in [2.24, 2.45) is 0 Å². The first kappa shape index (κ1) is 31.2. The number of fused-ring (bicyclic) bond motifs is 7. The minimum atomic E-state index is 0.863. The zero-order valence-corrected chi connectivity index (χ0v) is 29.9. The zero-order valence-electron chi connectivity index (χ0n) is 29.9. The maximum absolute atomic E-state index is 6.45. The minimum Gasteiger partial charge on any atom is -0.456 e. The predicted molar refractivity (Wildman–Crippen MR) is 231 cm³/mol. The van der Waals surface area contributed by atoms with Gasteiger partial charge in [0.05, 0.1) is 22.1 Å². The van der Waals surface area contributed by atoms with E-state index in [-0.39, 0.29) is 0 Å². The summed E-state index contributed by atoms with van der Waals surface area (Å²) in [6, 6.07) is 74.0. The fraction of sp³-hybridized carbons (Fsp3) is 0. The quantitative estimate of drug-likeness (QED) is 0.172. The fourth-order valence-electron chi connectivity index (χ4n) is 8.47. The Kier molecular flexibility index (Phi) is 7.17. The molecule has 11 aromatic rings. The highest BCUT2D eigenvalue weighted by Crippen LogP contribution is 2.46. The first-order valence-electron chi connectivity index (χ1n) is 18.8. The molecule has 0 unspecified atom stereocenters. The van der Waals surface area contributed by atoms with Gasteiger partial charge in [-0.25, -0.2) is 0 Å². The maximum atomic E-state index is 6.45. The highest BCUT2D eigenvalue weighted by Gasteiger charge is 2.23. The van der Waals surface area contributed by atoms with E-state index in [1.807, 2.05) is 6.07 Å². The highest BCUT2D eigenvalue weighted by molar-refractivity contribution is 6.18. The van der Waals surface area contributed by atoms with Gasteiger partial charge >= 0.3 is 0 Å². The molecule has 0 aliphatic carbocycles. The zero-order chi connectivity index (χ0) is 36.3. The first-order valence-corrected chi connectivity index (χ1v) is 18.8. The number of hydrogen-bond acceptors (Lipinski definition) is 2. The van der Waals surface area contributed by atoms with E-state index in [0.717, 1.165) is 55.8 Å². The summed E-state index contributed by atoms with van der Waals surface area (Å²) in [5.41, 5.74) is 13.1. The number of benzene rings is 9. The first-order chi connectivity index (χ1) is 27.3. The molecule has 0 saturated heterocycles. The van der Waals surface area contributed by atoms with Crippen LogP contribution in [0.5, 0.6) is 0 Å². The fourth-order valence-corrected chi connectivity index (χ4v) is 8.47. The molecule has 11 rings (SSSR count). The monoisotopic (exact) mass is 702 g/mol. The minimum absolute atomic E-state index is 0.863. The van der Waals surface area contributed by atoms with Gasteiger partial charge in [0.1, 0.15) is 11.2 Å². The van der Waals surface area contributed by atoms with Crippen LogP contribution in [-0.4, -0.2) is 4.57 Å². The molecule has 0 amide bonds. The Morgan fingerprint density at radius 2 is 1.09 bits per heavy atom. The van der Waals surface area contributed by atoms with Gasteiger partial charge in [0, 0.05) is 33.2 Å². The number of aromatic nitrogens is 1. The van der Waals surface area contributed by atoms with Crippen LogP contribution in [0.4, 0.5) is 17.1 Å². The Morgan fingerprint density at radius 3 is 1.98 bits per heavy atom. The Labute approximate surface area is 318 Å². The number of rotatable bonds is 6. The molecule has 0 aliphatic rings. The van der Waals surface area contributed by atoms with Gasteiger partial charge in [0.15, 0.2) is 0 Å². The van der Waals surface area contributed by atoms with Crippen LogP contribution in [0.1, 0.15) is 0 Å². The molecule has 2 aromatic heterocycles. The molecule has 0 spiro atoms. The topological polar surface area (TPSA) is 21.3 Å². The lowest BCUT2D eigenvalue weighted by Crippen LogP contribution is -2.10. The average Bonchev–Trinajstić information content (AvgIpc) is 3.80. The lowest BCUT2D eigenvalue weighted by atomic mass is 9.97. The van der Waals surface area contributed by atoms with E-state index in [1.54, 1.807) is 0 Å². The summed E-state index contributed by atoms with van der Waals surface area (Å²) in [7, 11) is 0. The van der Waals surface area contributed by atoms with Crippen LogP contribution in [0, 0.1) is 0 Å². The van der Waals surface area contributed by atoms with Crippen molar-refractivity contribution in [3.05, 3.63) is 206 Å². The van der Waals surface area contributed by atoms with E-state index in [0.29, 0.717) is 0 Å². The SMILES string of the molecule is c1ccc(-c2cccc(N(c3ccc4c5c(-c6ccc7ccccc7c6)cccc5n(-c5ccccc5)c4c3)c3cccc4oc5ccccc5c34)c2)cc1. The molecule has 0 N–H and O–H groups in total. The summed E-state index contributed by atoms with van der Waals surface area (Å²) in [5.74, 6) is 0. The van der Waals surface area contributed by atoms with Gasteiger partial charge in [0.25, 0.3) is 0 Å². The predicted octanol–water partition coefficient (Wildman–Crippen LogP) is 14.6. The lowest BCUT2D eigenvalue weighted by Gasteiger charge is -2.27. The van der Waals surface area contributed by atoms with Crippen molar-refractivity contribution in [2.75, 3.05) is 4.90 Å². The summed E-state index contributed by atoms with van der Waals surface area (Å²) >= 11 is 0. The van der Waals surface area contributed by atoms with E-state index in [4.69, 9.17) is 4.42 Å². The molecule has 0 fully saturated rings. The average molecular weight is 703 g/mol. The standard InChI is InChI=1S/C52H34N2O/c1-3-14-35(15-4-1)38-18-11-21-41(33-38)53(47-25-13-27-50-52(47)45-22-9-10-26-49(45)55-50)42-30-31-44-48(34-42)54(40-19-5-2-6-20-40)46-24-12-23-43(51(44)46)39-29-28-36-16-7-8-17-37(36)32-39/h1-34H. The number of nitrogens with zero attached hydrogens (tertiary/aromatic N) is 2. The second-order valence-electron chi connectivity index (χ2n) is 14.1. The second-order valence-corrected chi connectivity index (χ2v) is 14.1. The third kappa shape index (κ3) is 5.13. The largest absolute Gasteiger partial charge is 0.456 e. The van der Waals surface area contributed by atoms with Crippen LogP contribution in [0.2, 0.25) is 0 Å². The van der Waals surface area contributed by atoms with Gasteiger partial charge in [-0.2, -0.15) is 0 Å². The van der Waals surface area contributed by atoms with Crippen molar-refractivity contribution >= 4 is 71.6 Å². The van der Waals surface area contributed by atoms with Crippen LogP contribution >= 0.6 is 0 Å². The molecule has 9 aromatic carbocycles. The Morgan fingerprint density at radius 1 is 0.382 bits per heavy atom. The Bertz CT molecular complexity index is 3210. The Balaban J connectivity index is 1.20. The molecular formula is C52H34N2O. The summed E-state index contributed by atoms with van der Waals surface area (Å²) in [4.78, 5) is 2.40. The molecule has 2 heterocycles. The molecule has 0 bridgehead atoms. The smallest absolute Gasteiger partial charge is 0.137 e. The van der Waals surface area contributed by atoms with E-state index in [9.17, 15) is 0 Å². The van der Waals surface area contributed by atoms with Crippen molar-refractivity contribution in [3.63, 3.8) is 0 Å². The second kappa shape index (κ2) is 12.6. The third-order valence-electron chi connectivity index (χ3n) is 10.9. The van der Waals surface area contributed by atoms with Gasteiger partial charge in [-0.1, -0.05) is 140 Å². The van der Waals surface area contributed by atoms with Gasteiger partial charge in [-0.3, -0.25) is 0 Å². The summed E-state index contributed by atoms with van der Waals surface area (Å²) in [6.45, 7) is 0. The van der Waals surface area contributed by atoms with Crippen LogP contribution in [-0.2, 0) is 0 Å². The number of para-hydroxylation sites is 2. The molecule has 55 heavy (non-hydrogen) atoms. The summed E-state index contributed by atoms with van der Waals surface area (Å²) < 4.78 is 8.87. The number of anilines is 3. The third-order valence-corrected chi connectivity index (χ3v) is 10.9. The van der Waals surface area contributed by atoms with Gasteiger partial charge in [-0.15, -0.1) is 0 Å². The Hall–Kier alpha value is -7.36. The van der Waals surface area contributed by atoms with Crippen molar-refractivity contribution < 1.29 is 4.42 Å². The van der Waals surface area contributed by atoms with Crippen LogP contribution in [0.3, 0.4) is 0 Å². The van der Waals surface area contributed by atoms with Gasteiger partial charge in [-0.05, 0) is 99.8 Å². The van der Waals surface area contributed by atoms with Crippen molar-refractivity contribution in [1.29, 1.82) is 0 Å². The van der Waals surface area contributed by atoms with Crippen LogP contribution in [0.25, 0.3) is 82.5 Å². The summed E-state index contributed by atoms with van der Waals surface area (Å²) in [5, 5.41) is 7.11.